The van der Waals surface area contributed by atoms with Crippen LogP contribution in [0.4, 0.5) is 0 Å². The molecule has 19 heavy (non-hydrogen) atoms. The summed E-state index contributed by atoms with van der Waals surface area (Å²) in [6.45, 7) is 8.45. The lowest BCUT2D eigenvalue weighted by molar-refractivity contribution is 0.568. The first kappa shape index (κ1) is 16.6. The Morgan fingerprint density at radius 3 is 2.26 bits per heavy atom. The van der Waals surface area contributed by atoms with E-state index in [4.69, 9.17) is 0 Å². The highest BCUT2D eigenvalue weighted by atomic mass is 79.9. The number of benzene rings is 1. The largest absolute Gasteiger partial charge is 0.310 e. The Morgan fingerprint density at radius 1 is 1.16 bits per heavy atom. The van der Waals surface area contributed by atoms with Crippen molar-refractivity contribution in [1.29, 1.82) is 0 Å². The molecular weight excluding hydrogens is 328 g/mol. The first-order valence-corrected chi connectivity index (χ1v) is 8.54. The summed E-state index contributed by atoms with van der Waals surface area (Å²) in [6.07, 6.45) is 0. The minimum Gasteiger partial charge on any atom is -0.310 e. The fourth-order valence-electron chi connectivity index (χ4n) is 1.57. The Bertz CT molecular complexity index is 527. The van der Waals surface area contributed by atoms with E-state index in [1.807, 2.05) is 12.1 Å². The molecule has 1 aromatic rings. The van der Waals surface area contributed by atoms with E-state index in [1.54, 1.807) is 19.9 Å². The van der Waals surface area contributed by atoms with Crippen LogP contribution in [0.3, 0.4) is 0 Å². The zero-order valence-corrected chi connectivity index (χ0v) is 14.1. The van der Waals surface area contributed by atoms with Crippen LogP contribution >= 0.6 is 15.9 Å². The van der Waals surface area contributed by atoms with E-state index in [9.17, 15) is 8.42 Å². The predicted octanol–water partition coefficient (Wildman–Crippen LogP) is 2.63. The molecule has 0 aliphatic carbocycles. The van der Waals surface area contributed by atoms with E-state index in [2.05, 4.69) is 39.8 Å². The van der Waals surface area contributed by atoms with E-state index in [-0.39, 0.29) is 10.9 Å². The molecule has 0 saturated heterocycles. The summed E-state index contributed by atoms with van der Waals surface area (Å²) in [5.74, 6) is 0. The summed E-state index contributed by atoms with van der Waals surface area (Å²) in [6, 6.07) is 5.56. The van der Waals surface area contributed by atoms with E-state index >= 15 is 0 Å². The summed E-state index contributed by atoms with van der Waals surface area (Å²) >= 11 is 3.33. The first-order chi connectivity index (χ1) is 8.72. The maximum atomic E-state index is 12.1. The average molecular weight is 349 g/mol. The van der Waals surface area contributed by atoms with Crippen LogP contribution in [0.1, 0.15) is 33.3 Å². The number of nitrogens with one attached hydrogen (secondary N) is 2. The second kappa shape index (κ2) is 6.83. The Hall–Kier alpha value is -0.430. The van der Waals surface area contributed by atoms with Gasteiger partial charge in [-0.3, -0.25) is 0 Å². The van der Waals surface area contributed by atoms with Gasteiger partial charge in [-0.15, -0.1) is 0 Å². The highest BCUT2D eigenvalue weighted by Gasteiger charge is 2.18. The van der Waals surface area contributed by atoms with Gasteiger partial charge >= 0.3 is 0 Å². The van der Waals surface area contributed by atoms with Crippen molar-refractivity contribution in [1.82, 2.24) is 10.0 Å². The quantitative estimate of drug-likeness (QED) is 0.830. The molecule has 0 aliphatic heterocycles. The molecule has 0 fully saturated rings. The number of sulfonamides is 1. The van der Waals surface area contributed by atoms with Gasteiger partial charge in [0, 0.05) is 23.1 Å². The molecule has 0 bridgehead atoms. The second-order valence-corrected chi connectivity index (χ2v) is 7.61. The summed E-state index contributed by atoms with van der Waals surface area (Å²) < 4.78 is 27.3. The number of hydrogen-bond donors (Lipinski definition) is 2. The molecule has 0 saturated carbocycles. The highest BCUT2D eigenvalue weighted by Crippen LogP contribution is 2.23. The van der Waals surface area contributed by atoms with Crippen LogP contribution in [0.5, 0.6) is 0 Å². The lowest BCUT2D eigenvalue weighted by Gasteiger charge is -2.13. The summed E-state index contributed by atoms with van der Waals surface area (Å²) in [4.78, 5) is 0.273. The van der Waals surface area contributed by atoms with Crippen LogP contribution in [-0.2, 0) is 16.6 Å². The fourth-order valence-corrected chi connectivity index (χ4v) is 3.94. The minimum atomic E-state index is -3.46. The molecule has 6 heteroatoms. The van der Waals surface area contributed by atoms with Gasteiger partial charge in [-0.25, -0.2) is 13.1 Å². The van der Waals surface area contributed by atoms with Gasteiger partial charge in [0.2, 0.25) is 10.0 Å². The Labute approximate surface area is 124 Å². The highest BCUT2D eigenvalue weighted by molar-refractivity contribution is 9.10. The zero-order valence-electron chi connectivity index (χ0n) is 11.7. The third-order valence-corrected chi connectivity index (χ3v) is 5.03. The van der Waals surface area contributed by atoms with Gasteiger partial charge in [0.25, 0.3) is 0 Å². The maximum absolute atomic E-state index is 12.1. The van der Waals surface area contributed by atoms with Gasteiger partial charge < -0.3 is 5.32 Å². The summed E-state index contributed by atoms with van der Waals surface area (Å²) in [5, 5.41) is 3.29. The molecule has 1 rings (SSSR count). The van der Waals surface area contributed by atoms with Crippen LogP contribution in [0, 0.1) is 0 Å². The van der Waals surface area contributed by atoms with Gasteiger partial charge in [-0.2, -0.15) is 0 Å². The monoisotopic (exact) mass is 348 g/mol. The Morgan fingerprint density at radius 2 is 1.79 bits per heavy atom. The first-order valence-electron chi connectivity index (χ1n) is 6.26. The van der Waals surface area contributed by atoms with Crippen LogP contribution in [0.2, 0.25) is 0 Å². The topological polar surface area (TPSA) is 58.2 Å². The molecule has 0 radical (unpaired) electrons. The van der Waals surface area contributed by atoms with Crippen molar-refractivity contribution in [3.05, 3.63) is 28.2 Å². The minimum absolute atomic E-state index is 0.126. The molecule has 0 unspecified atom stereocenters. The smallest absolute Gasteiger partial charge is 0.241 e. The second-order valence-electron chi connectivity index (χ2n) is 5.08. The van der Waals surface area contributed by atoms with Crippen LogP contribution in [0.15, 0.2) is 27.6 Å². The fraction of sp³-hybridized carbons (Fsp3) is 0.538. The molecule has 108 valence electrons. The molecule has 0 aliphatic rings. The van der Waals surface area contributed by atoms with Gasteiger partial charge in [0.1, 0.15) is 0 Å². The van der Waals surface area contributed by atoms with Crippen LogP contribution in [-0.4, -0.2) is 20.5 Å². The maximum Gasteiger partial charge on any atom is 0.241 e. The van der Waals surface area contributed by atoms with Gasteiger partial charge in [0.05, 0.1) is 4.90 Å². The van der Waals surface area contributed by atoms with Crippen molar-refractivity contribution >= 4 is 26.0 Å². The lowest BCUT2D eigenvalue weighted by Crippen LogP contribution is -2.30. The number of hydrogen-bond acceptors (Lipinski definition) is 3. The zero-order chi connectivity index (χ0) is 14.6. The molecule has 0 amide bonds. The van der Waals surface area contributed by atoms with Crippen molar-refractivity contribution in [3.63, 3.8) is 0 Å². The normalized spacial score (nSPS) is 12.4. The van der Waals surface area contributed by atoms with Gasteiger partial charge in [-0.05, 0) is 47.5 Å². The van der Waals surface area contributed by atoms with Crippen molar-refractivity contribution in [2.24, 2.45) is 0 Å². The van der Waals surface area contributed by atoms with Crippen molar-refractivity contribution in [3.8, 4) is 0 Å². The van der Waals surface area contributed by atoms with Crippen molar-refractivity contribution < 1.29 is 8.42 Å². The summed E-state index contributed by atoms with van der Waals surface area (Å²) in [7, 11) is -3.46. The van der Waals surface area contributed by atoms with Crippen molar-refractivity contribution in [2.75, 3.05) is 0 Å². The predicted molar refractivity (Wildman–Crippen MR) is 81.6 cm³/mol. The van der Waals surface area contributed by atoms with E-state index in [1.165, 1.54) is 0 Å². The molecule has 2 N–H and O–H groups in total. The van der Waals surface area contributed by atoms with E-state index < -0.39 is 10.0 Å². The summed E-state index contributed by atoms with van der Waals surface area (Å²) in [5.41, 5.74) is 1.05. The third-order valence-electron chi connectivity index (χ3n) is 2.39. The molecular formula is C13H21BrN2O2S. The lowest BCUT2D eigenvalue weighted by atomic mass is 10.2. The molecule has 4 nitrogen and oxygen atoms in total. The average Bonchev–Trinajstić information content (AvgIpc) is 2.24. The number of halogens is 1. The van der Waals surface area contributed by atoms with E-state index in [0.29, 0.717) is 17.1 Å². The van der Waals surface area contributed by atoms with E-state index in [0.717, 1.165) is 5.56 Å². The van der Waals surface area contributed by atoms with Crippen molar-refractivity contribution in [2.45, 2.75) is 51.2 Å². The Balaban J connectivity index is 2.94. The van der Waals surface area contributed by atoms with Gasteiger partial charge in [-0.1, -0.05) is 19.9 Å². The SMILES string of the molecule is CC(C)NCc1ccc(S(=O)(=O)NC(C)C)c(Br)c1. The third kappa shape index (κ3) is 5.22. The number of rotatable bonds is 6. The molecule has 1 aromatic carbocycles. The molecule has 0 heterocycles. The molecule has 0 atom stereocenters. The van der Waals surface area contributed by atoms with Crippen LogP contribution in [0.25, 0.3) is 0 Å². The molecule has 0 aromatic heterocycles. The molecule has 0 spiro atoms. The standard InChI is InChI=1S/C13H21BrN2O2S/c1-9(2)15-8-11-5-6-13(12(14)7-11)19(17,18)16-10(3)4/h5-7,9-10,15-16H,8H2,1-4H3. The van der Waals surface area contributed by atoms with Gasteiger partial charge in [0.15, 0.2) is 0 Å². The Kier molecular flexibility index (Phi) is 5.98. The van der Waals surface area contributed by atoms with Crippen LogP contribution < -0.4 is 10.0 Å².